The number of nitrogens with zero attached hydrogens (tertiary/aromatic N) is 2. The van der Waals surface area contributed by atoms with Gasteiger partial charge in [0, 0.05) is 45.1 Å². The maximum absolute atomic E-state index is 13.7. The minimum Gasteiger partial charge on any atom is -0.441 e. The van der Waals surface area contributed by atoms with Crippen molar-refractivity contribution >= 4 is 18.3 Å². The molecule has 0 radical (unpaired) electrons. The molecule has 1 aliphatic rings. The molecule has 1 aromatic heterocycles. The van der Waals surface area contributed by atoms with Gasteiger partial charge < -0.3 is 14.6 Å². The van der Waals surface area contributed by atoms with Gasteiger partial charge in [-0.3, -0.25) is 4.79 Å². The van der Waals surface area contributed by atoms with Crippen LogP contribution in [-0.2, 0) is 11.2 Å². The minimum atomic E-state index is -0.704. The summed E-state index contributed by atoms with van der Waals surface area (Å²) in [6.45, 7) is 3.02. The fourth-order valence-electron chi connectivity index (χ4n) is 2.53. The molecular formula is C16H18ClF2N3O2. The first-order valence-corrected chi connectivity index (χ1v) is 7.52. The highest BCUT2D eigenvalue weighted by Crippen LogP contribution is 2.24. The van der Waals surface area contributed by atoms with Crippen molar-refractivity contribution in [2.24, 2.45) is 0 Å². The van der Waals surface area contributed by atoms with E-state index in [2.05, 4.69) is 10.3 Å². The lowest BCUT2D eigenvalue weighted by molar-refractivity contribution is -0.131. The Balaban J connectivity index is 0.00000208. The van der Waals surface area contributed by atoms with Crippen LogP contribution in [0.3, 0.4) is 0 Å². The first kappa shape index (κ1) is 18.4. The van der Waals surface area contributed by atoms with Crippen LogP contribution in [0.25, 0.3) is 11.3 Å². The second-order valence-corrected chi connectivity index (χ2v) is 5.37. The Kier molecular flexibility index (Phi) is 6.28. The van der Waals surface area contributed by atoms with Crippen LogP contribution in [0.15, 0.2) is 28.8 Å². The van der Waals surface area contributed by atoms with E-state index in [1.54, 1.807) is 4.90 Å². The summed E-state index contributed by atoms with van der Waals surface area (Å²) in [4.78, 5) is 17.9. The Hall–Kier alpha value is -1.99. The van der Waals surface area contributed by atoms with Gasteiger partial charge in [0.1, 0.15) is 11.6 Å². The van der Waals surface area contributed by atoms with E-state index in [9.17, 15) is 13.6 Å². The Morgan fingerprint density at radius 1 is 1.29 bits per heavy atom. The summed E-state index contributed by atoms with van der Waals surface area (Å²) in [5.74, 6) is -0.698. The maximum atomic E-state index is 13.7. The largest absolute Gasteiger partial charge is 0.441 e. The second kappa shape index (κ2) is 8.21. The first-order valence-electron chi connectivity index (χ1n) is 7.52. The zero-order chi connectivity index (χ0) is 16.2. The van der Waals surface area contributed by atoms with Crippen molar-refractivity contribution in [3.63, 3.8) is 0 Å². The van der Waals surface area contributed by atoms with E-state index in [4.69, 9.17) is 4.42 Å². The van der Waals surface area contributed by atoms with Crippen LogP contribution in [0.4, 0.5) is 8.78 Å². The molecule has 1 aliphatic heterocycles. The molecule has 1 amide bonds. The molecule has 0 atom stereocenters. The van der Waals surface area contributed by atoms with Crippen molar-refractivity contribution in [1.29, 1.82) is 0 Å². The summed E-state index contributed by atoms with van der Waals surface area (Å²) in [7, 11) is 0. The SMILES string of the molecule is Cl.O=C(CCc1ncc(-c2ccc(F)cc2F)o1)N1CCNCC1. The van der Waals surface area contributed by atoms with Crippen molar-refractivity contribution in [2.45, 2.75) is 12.8 Å². The summed E-state index contributed by atoms with van der Waals surface area (Å²) in [5, 5.41) is 3.19. The molecule has 2 heterocycles. The Bertz CT molecular complexity index is 702. The van der Waals surface area contributed by atoms with E-state index in [0.29, 0.717) is 31.8 Å². The van der Waals surface area contributed by atoms with Gasteiger partial charge in [0.25, 0.3) is 0 Å². The van der Waals surface area contributed by atoms with Crippen molar-refractivity contribution in [3.05, 3.63) is 41.9 Å². The Morgan fingerprint density at radius 2 is 2.04 bits per heavy atom. The van der Waals surface area contributed by atoms with Crippen LogP contribution in [0.5, 0.6) is 0 Å². The van der Waals surface area contributed by atoms with Crippen LogP contribution in [0.2, 0.25) is 0 Å². The Morgan fingerprint density at radius 3 is 2.75 bits per heavy atom. The van der Waals surface area contributed by atoms with Gasteiger partial charge in [-0.05, 0) is 12.1 Å². The molecule has 0 spiro atoms. The third kappa shape index (κ3) is 4.30. The van der Waals surface area contributed by atoms with E-state index in [1.165, 1.54) is 12.3 Å². The van der Waals surface area contributed by atoms with Crippen LogP contribution in [0, 0.1) is 11.6 Å². The number of rotatable bonds is 4. The normalized spacial score (nSPS) is 14.3. The highest BCUT2D eigenvalue weighted by Gasteiger charge is 2.17. The predicted octanol–water partition coefficient (Wildman–Crippen LogP) is 2.41. The third-order valence-electron chi connectivity index (χ3n) is 3.77. The van der Waals surface area contributed by atoms with Gasteiger partial charge in [0.05, 0.1) is 11.8 Å². The average Bonchev–Trinajstić information content (AvgIpc) is 3.02. The number of aromatic nitrogens is 1. The first-order chi connectivity index (χ1) is 11.1. The van der Waals surface area contributed by atoms with Crippen molar-refractivity contribution < 1.29 is 18.0 Å². The highest BCUT2D eigenvalue weighted by molar-refractivity contribution is 5.85. The number of piperazine rings is 1. The summed E-state index contributed by atoms with van der Waals surface area (Å²) in [6.07, 6.45) is 2.04. The maximum Gasteiger partial charge on any atom is 0.223 e. The summed E-state index contributed by atoms with van der Waals surface area (Å²) >= 11 is 0. The van der Waals surface area contributed by atoms with Crippen LogP contribution >= 0.6 is 12.4 Å². The van der Waals surface area contributed by atoms with Gasteiger partial charge >= 0.3 is 0 Å². The Labute approximate surface area is 144 Å². The molecule has 8 heteroatoms. The molecule has 0 unspecified atom stereocenters. The molecule has 1 fully saturated rings. The fraction of sp³-hybridized carbons (Fsp3) is 0.375. The van der Waals surface area contributed by atoms with E-state index in [1.807, 2.05) is 0 Å². The lowest BCUT2D eigenvalue weighted by Gasteiger charge is -2.27. The van der Waals surface area contributed by atoms with E-state index < -0.39 is 11.6 Å². The standard InChI is InChI=1S/C16H17F2N3O2.ClH/c17-11-1-2-12(13(18)9-11)14-10-20-15(23-14)3-4-16(22)21-7-5-19-6-8-21;/h1-2,9-10,19H,3-8H2;1H. The van der Waals surface area contributed by atoms with Crippen molar-refractivity contribution in [3.8, 4) is 11.3 Å². The van der Waals surface area contributed by atoms with E-state index >= 15 is 0 Å². The average molecular weight is 358 g/mol. The molecule has 5 nitrogen and oxygen atoms in total. The number of benzene rings is 1. The number of oxazole rings is 1. The molecule has 2 aromatic rings. The van der Waals surface area contributed by atoms with E-state index in [0.717, 1.165) is 25.2 Å². The molecule has 24 heavy (non-hydrogen) atoms. The van der Waals surface area contributed by atoms with Gasteiger partial charge in [-0.2, -0.15) is 0 Å². The summed E-state index contributed by atoms with van der Waals surface area (Å²) in [6, 6.07) is 3.26. The molecule has 130 valence electrons. The molecular weight excluding hydrogens is 340 g/mol. The topological polar surface area (TPSA) is 58.4 Å². The van der Waals surface area contributed by atoms with Gasteiger partial charge in [0.2, 0.25) is 5.91 Å². The monoisotopic (exact) mass is 357 g/mol. The molecule has 1 saturated heterocycles. The molecule has 0 bridgehead atoms. The lowest BCUT2D eigenvalue weighted by atomic mass is 10.2. The number of halogens is 3. The number of hydrogen-bond donors (Lipinski definition) is 1. The predicted molar refractivity (Wildman–Crippen MR) is 86.9 cm³/mol. The molecule has 0 aliphatic carbocycles. The minimum absolute atomic E-state index is 0. The number of aryl methyl sites for hydroxylation is 1. The molecule has 0 saturated carbocycles. The van der Waals surface area contributed by atoms with Crippen molar-refractivity contribution in [2.75, 3.05) is 26.2 Å². The second-order valence-electron chi connectivity index (χ2n) is 5.37. The fourth-order valence-corrected chi connectivity index (χ4v) is 2.53. The quantitative estimate of drug-likeness (QED) is 0.913. The van der Waals surface area contributed by atoms with Crippen LogP contribution in [0.1, 0.15) is 12.3 Å². The van der Waals surface area contributed by atoms with E-state index in [-0.39, 0.29) is 29.6 Å². The summed E-state index contributed by atoms with van der Waals surface area (Å²) < 4.78 is 32.1. The van der Waals surface area contributed by atoms with Gasteiger partial charge in [-0.1, -0.05) is 0 Å². The number of carbonyl (C=O) groups is 1. The van der Waals surface area contributed by atoms with Crippen molar-refractivity contribution in [1.82, 2.24) is 15.2 Å². The van der Waals surface area contributed by atoms with Gasteiger partial charge in [-0.15, -0.1) is 12.4 Å². The lowest BCUT2D eigenvalue weighted by Crippen LogP contribution is -2.46. The smallest absolute Gasteiger partial charge is 0.223 e. The molecule has 1 aromatic carbocycles. The van der Waals surface area contributed by atoms with Crippen LogP contribution < -0.4 is 5.32 Å². The molecule has 3 rings (SSSR count). The molecule has 1 N–H and O–H groups in total. The summed E-state index contributed by atoms with van der Waals surface area (Å²) in [5.41, 5.74) is 0.151. The van der Waals surface area contributed by atoms with Crippen LogP contribution in [-0.4, -0.2) is 42.0 Å². The third-order valence-corrected chi connectivity index (χ3v) is 3.77. The zero-order valence-corrected chi connectivity index (χ0v) is 13.7. The van der Waals surface area contributed by atoms with Gasteiger partial charge in [-0.25, -0.2) is 13.8 Å². The number of carbonyl (C=O) groups excluding carboxylic acids is 1. The zero-order valence-electron chi connectivity index (χ0n) is 12.9. The number of nitrogens with one attached hydrogen (secondary N) is 1. The number of amides is 1. The number of hydrogen-bond acceptors (Lipinski definition) is 4. The van der Waals surface area contributed by atoms with Gasteiger partial charge in [0.15, 0.2) is 11.7 Å². The highest BCUT2D eigenvalue weighted by atomic mass is 35.5.